The Morgan fingerprint density at radius 1 is 1.14 bits per heavy atom. The maximum Gasteiger partial charge on any atom is 0.262 e. The lowest BCUT2D eigenvalue weighted by molar-refractivity contribution is 0.0970. The third kappa shape index (κ3) is 3.43. The van der Waals surface area contributed by atoms with Gasteiger partial charge in [-0.05, 0) is 43.3 Å². The molecule has 0 radical (unpaired) electrons. The number of nitrogens with zero attached hydrogens (tertiary/aromatic N) is 3. The quantitative estimate of drug-likeness (QED) is 0.467. The summed E-state index contributed by atoms with van der Waals surface area (Å²) in [6.07, 6.45) is 2.37. The Hall–Kier alpha value is -2.99. The molecule has 142 valence electrons. The topological polar surface area (TPSA) is 56.9 Å². The number of carbonyl (C=O) groups excluding carboxylic acids is 1. The molecule has 0 saturated heterocycles. The van der Waals surface area contributed by atoms with Crippen LogP contribution in [-0.2, 0) is 19.5 Å². The SMILES string of the molecule is Cc1cc(C(=O)Cn2cnc3sccc3c2=O)c(C)n1CCc1ccccc1. The van der Waals surface area contributed by atoms with Gasteiger partial charge in [-0.3, -0.25) is 14.2 Å². The van der Waals surface area contributed by atoms with Crippen LogP contribution in [0.1, 0.15) is 27.3 Å². The first kappa shape index (κ1) is 18.4. The molecule has 28 heavy (non-hydrogen) atoms. The Bertz CT molecular complexity index is 1200. The van der Waals surface area contributed by atoms with E-state index in [4.69, 9.17) is 0 Å². The van der Waals surface area contributed by atoms with E-state index in [1.165, 1.54) is 27.8 Å². The van der Waals surface area contributed by atoms with Crippen molar-refractivity contribution in [3.8, 4) is 0 Å². The fourth-order valence-electron chi connectivity index (χ4n) is 3.56. The Morgan fingerprint density at radius 2 is 1.93 bits per heavy atom. The second-order valence-corrected chi connectivity index (χ2v) is 7.81. The molecule has 4 rings (SSSR count). The highest BCUT2D eigenvalue weighted by atomic mass is 32.1. The van der Waals surface area contributed by atoms with E-state index in [9.17, 15) is 9.59 Å². The minimum atomic E-state index is -0.169. The fourth-order valence-corrected chi connectivity index (χ4v) is 4.28. The zero-order valence-corrected chi connectivity index (χ0v) is 16.7. The highest BCUT2D eigenvalue weighted by Gasteiger charge is 2.17. The van der Waals surface area contributed by atoms with Crippen molar-refractivity contribution in [2.75, 3.05) is 0 Å². The van der Waals surface area contributed by atoms with Gasteiger partial charge >= 0.3 is 0 Å². The summed E-state index contributed by atoms with van der Waals surface area (Å²) in [6, 6.07) is 14.0. The summed E-state index contributed by atoms with van der Waals surface area (Å²) < 4.78 is 3.57. The Labute approximate surface area is 166 Å². The molecule has 3 aromatic heterocycles. The summed E-state index contributed by atoms with van der Waals surface area (Å²) in [5, 5.41) is 2.40. The predicted octanol–water partition coefficient (Wildman–Crippen LogP) is 4.00. The number of fused-ring (bicyclic) bond motifs is 1. The highest BCUT2D eigenvalue weighted by molar-refractivity contribution is 7.16. The van der Waals surface area contributed by atoms with Crippen molar-refractivity contribution < 1.29 is 4.79 Å². The van der Waals surface area contributed by atoms with Gasteiger partial charge in [-0.1, -0.05) is 30.3 Å². The summed E-state index contributed by atoms with van der Waals surface area (Å²) in [6.45, 7) is 4.80. The Morgan fingerprint density at radius 3 is 2.71 bits per heavy atom. The van der Waals surface area contributed by atoms with Crippen LogP contribution in [0.5, 0.6) is 0 Å². The first-order valence-electron chi connectivity index (χ1n) is 9.21. The maximum absolute atomic E-state index is 12.9. The van der Waals surface area contributed by atoms with Crippen molar-refractivity contribution in [2.24, 2.45) is 0 Å². The molecule has 0 spiro atoms. The van der Waals surface area contributed by atoms with Gasteiger partial charge < -0.3 is 4.57 Å². The first-order chi connectivity index (χ1) is 13.5. The maximum atomic E-state index is 12.9. The number of benzene rings is 1. The van der Waals surface area contributed by atoms with Crippen LogP contribution in [-0.4, -0.2) is 19.9 Å². The lowest BCUT2D eigenvalue weighted by atomic mass is 10.1. The van der Waals surface area contributed by atoms with E-state index in [0.717, 1.165) is 24.4 Å². The van der Waals surface area contributed by atoms with Gasteiger partial charge in [0.2, 0.25) is 0 Å². The van der Waals surface area contributed by atoms with Crippen molar-refractivity contribution in [3.63, 3.8) is 0 Å². The van der Waals surface area contributed by atoms with Gasteiger partial charge in [0.1, 0.15) is 4.83 Å². The molecule has 0 N–H and O–H groups in total. The van der Waals surface area contributed by atoms with Crippen LogP contribution in [0, 0.1) is 13.8 Å². The van der Waals surface area contributed by atoms with Crippen molar-refractivity contribution in [3.05, 3.63) is 87.0 Å². The summed E-state index contributed by atoms with van der Waals surface area (Å²) in [5.41, 5.74) is 3.76. The number of aromatic nitrogens is 3. The van der Waals surface area contributed by atoms with Gasteiger partial charge in [0.25, 0.3) is 5.56 Å². The third-order valence-corrected chi connectivity index (χ3v) is 5.93. The van der Waals surface area contributed by atoms with Crippen molar-refractivity contribution >= 4 is 27.3 Å². The number of hydrogen-bond donors (Lipinski definition) is 0. The molecule has 4 aromatic rings. The molecule has 0 atom stereocenters. The third-order valence-electron chi connectivity index (χ3n) is 5.11. The average Bonchev–Trinajstić information content (AvgIpc) is 3.28. The normalized spacial score (nSPS) is 11.2. The number of aryl methyl sites for hydroxylation is 2. The number of hydrogen-bond acceptors (Lipinski definition) is 4. The van der Waals surface area contributed by atoms with Crippen LogP contribution in [0.2, 0.25) is 0 Å². The van der Waals surface area contributed by atoms with Gasteiger partial charge in [-0.2, -0.15) is 0 Å². The largest absolute Gasteiger partial charge is 0.348 e. The van der Waals surface area contributed by atoms with E-state index in [-0.39, 0.29) is 17.9 Å². The molecule has 0 unspecified atom stereocenters. The fraction of sp³-hybridized carbons (Fsp3) is 0.227. The standard InChI is InChI=1S/C22H21N3O2S/c1-15-12-19(16(2)25(15)10-8-17-6-4-3-5-7-17)20(26)13-24-14-23-21-18(22(24)27)9-11-28-21/h3-7,9,11-12,14H,8,10,13H2,1-2H3. The monoisotopic (exact) mass is 391 g/mol. The molecule has 0 fully saturated rings. The van der Waals surface area contributed by atoms with E-state index < -0.39 is 0 Å². The molecular formula is C22H21N3O2S. The number of ketones is 1. The minimum Gasteiger partial charge on any atom is -0.348 e. The molecule has 0 bridgehead atoms. The van der Waals surface area contributed by atoms with Crippen LogP contribution in [0.15, 0.2) is 59.0 Å². The van der Waals surface area contributed by atoms with Crippen molar-refractivity contribution in [1.82, 2.24) is 14.1 Å². The number of thiophene rings is 1. The molecule has 5 nitrogen and oxygen atoms in total. The number of Topliss-reactive ketones (excluding diaryl/α,β-unsaturated/α-hetero) is 1. The zero-order chi connectivity index (χ0) is 19.7. The highest BCUT2D eigenvalue weighted by Crippen LogP contribution is 2.18. The molecule has 0 aliphatic rings. The van der Waals surface area contributed by atoms with Crippen molar-refractivity contribution in [2.45, 2.75) is 33.4 Å². The summed E-state index contributed by atoms with van der Waals surface area (Å²) >= 11 is 1.42. The molecule has 1 aromatic carbocycles. The average molecular weight is 391 g/mol. The van der Waals surface area contributed by atoms with Crippen molar-refractivity contribution in [1.29, 1.82) is 0 Å². The smallest absolute Gasteiger partial charge is 0.262 e. The lowest BCUT2D eigenvalue weighted by Crippen LogP contribution is -2.24. The van der Waals surface area contributed by atoms with Gasteiger partial charge in [0.05, 0.1) is 18.3 Å². The van der Waals surface area contributed by atoms with E-state index in [0.29, 0.717) is 15.8 Å². The predicted molar refractivity (Wildman–Crippen MR) is 112 cm³/mol. The van der Waals surface area contributed by atoms with Gasteiger partial charge in [-0.25, -0.2) is 4.98 Å². The molecule has 0 amide bonds. The molecule has 6 heteroatoms. The summed E-state index contributed by atoms with van der Waals surface area (Å²) in [5.74, 6) is -0.0717. The lowest BCUT2D eigenvalue weighted by Gasteiger charge is -2.10. The number of rotatable bonds is 6. The summed E-state index contributed by atoms with van der Waals surface area (Å²) in [4.78, 5) is 30.4. The van der Waals surface area contributed by atoms with E-state index in [2.05, 4.69) is 21.7 Å². The summed E-state index contributed by atoms with van der Waals surface area (Å²) in [7, 11) is 0. The molecule has 0 aliphatic carbocycles. The van der Waals surface area contributed by atoms with Crippen LogP contribution in [0.4, 0.5) is 0 Å². The Balaban J connectivity index is 1.56. The van der Waals surface area contributed by atoms with Gasteiger partial charge in [0, 0.05) is 23.5 Å². The first-order valence-corrected chi connectivity index (χ1v) is 10.1. The molecular weight excluding hydrogens is 370 g/mol. The number of carbonyl (C=O) groups is 1. The zero-order valence-electron chi connectivity index (χ0n) is 15.9. The second-order valence-electron chi connectivity index (χ2n) is 6.91. The van der Waals surface area contributed by atoms with Crippen LogP contribution in [0.3, 0.4) is 0 Å². The van der Waals surface area contributed by atoms with E-state index >= 15 is 0 Å². The van der Waals surface area contributed by atoms with Gasteiger partial charge in [-0.15, -0.1) is 11.3 Å². The van der Waals surface area contributed by atoms with Crippen LogP contribution in [0.25, 0.3) is 10.2 Å². The second kappa shape index (κ2) is 7.56. The van der Waals surface area contributed by atoms with E-state index in [1.807, 2.05) is 43.5 Å². The molecule has 3 heterocycles. The van der Waals surface area contributed by atoms with E-state index in [1.54, 1.807) is 6.07 Å². The van der Waals surface area contributed by atoms with Gasteiger partial charge in [0.15, 0.2) is 5.78 Å². The molecule has 0 saturated carbocycles. The van der Waals surface area contributed by atoms with Crippen LogP contribution < -0.4 is 5.56 Å². The van der Waals surface area contributed by atoms with Crippen LogP contribution >= 0.6 is 11.3 Å². The Kier molecular flexibility index (Phi) is 4.96. The minimum absolute atomic E-state index is 0.000594. The molecule has 0 aliphatic heterocycles.